The van der Waals surface area contributed by atoms with Crippen molar-refractivity contribution in [1.29, 1.82) is 0 Å². The number of anilines is 2. The highest BCUT2D eigenvalue weighted by atomic mass is 32.2. The molecule has 0 aliphatic carbocycles. The molecule has 12 heteroatoms. The molecular formula is C18H23F2N2O7S-. The molecule has 0 bridgehead atoms. The average molecular weight is 449 g/mol. The fraction of sp³-hybridized carbons (Fsp3) is 0.611. The number of cyclic esters (lactones) is 1. The topological polar surface area (TPSA) is 108 Å². The molecule has 2 fully saturated rings. The molecule has 0 spiro atoms. The second kappa shape index (κ2) is 8.61. The third-order valence-corrected chi connectivity index (χ3v) is 6.16. The average Bonchev–Trinajstić information content (AvgIpc) is 3.07. The molecule has 2 aliphatic rings. The van der Waals surface area contributed by atoms with Crippen molar-refractivity contribution in [3.05, 3.63) is 24.0 Å². The minimum atomic E-state index is -4.43. The number of hydrogen-bond acceptors (Lipinski definition) is 8. The van der Waals surface area contributed by atoms with Crippen molar-refractivity contribution in [1.82, 2.24) is 0 Å². The van der Waals surface area contributed by atoms with Crippen molar-refractivity contribution in [3.8, 4) is 0 Å². The summed E-state index contributed by atoms with van der Waals surface area (Å²) in [4.78, 5) is 14.7. The van der Waals surface area contributed by atoms with Gasteiger partial charge in [-0.1, -0.05) is 0 Å². The zero-order valence-electron chi connectivity index (χ0n) is 16.5. The lowest BCUT2D eigenvalue weighted by molar-refractivity contribution is -0.249. The van der Waals surface area contributed by atoms with Gasteiger partial charge in [0.1, 0.15) is 11.9 Å². The first-order valence-electron chi connectivity index (χ1n) is 9.29. The van der Waals surface area contributed by atoms with Gasteiger partial charge in [0.2, 0.25) is 5.79 Å². The molecular weight excluding hydrogens is 426 g/mol. The predicted octanol–water partition coefficient (Wildman–Crippen LogP) is 1.62. The van der Waals surface area contributed by atoms with Crippen LogP contribution in [0.1, 0.15) is 12.8 Å². The van der Waals surface area contributed by atoms with Gasteiger partial charge in [-0.2, -0.15) is 0 Å². The van der Waals surface area contributed by atoms with Gasteiger partial charge in [-0.15, -0.1) is 0 Å². The van der Waals surface area contributed by atoms with E-state index >= 15 is 0 Å². The van der Waals surface area contributed by atoms with Gasteiger partial charge < -0.3 is 23.7 Å². The summed E-state index contributed by atoms with van der Waals surface area (Å²) in [5.74, 6) is -2.67. The van der Waals surface area contributed by atoms with Crippen LogP contribution in [0.3, 0.4) is 0 Å². The highest BCUT2D eigenvalue weighted by molar-refractivity contribution is 7.85. The molecule has 0 radical (unpaired) electrons. The van der Waals surface area contributed by atoms with E-state index in [1.165, 1.54) is 31.3 Å². The molecule has 2 saturated heterocycles. The summed E-state index contributed by atoms with van der Waals surface area (Å²) in [5, 5.41) is 0. The quantitative estimate of drug-likeness (QED) is 0.457. The Kier molecular flexibility index (Phi) is 6.51. The number of carbonyl (C=O) groups excluding carboxylic acids is 1. The first kappa shape index (κ1) is 22.7. The maximum atomic E-state index is 14.8. The standard InChI is InChI=1S/C18H24F2N2O7S/c1-27-18(28-2)6-7-21(11-16(18)20)15-4-3-12(9-14(15)19)22-10-13(29-17(22)23)5-8-30(24,25)26/h3-4,9,13,16H,5-8,10-11H2,1-2H3,(H,24,25,26)/p-1/t13-,16?/m1/s1. The van der Waals surface area contributed by atoms with E-state index in [1.54, 1.807) is 0 Å². The summed E-state index contributed by atoms with van der Waals surface area (Å²) in [6.07, 6.45) is -2.98. The molecule has 0 N–H and O–H groups in total. The number of methoxy groups -OCH3 is 2. The van der Waals surface area contributed by atoms with E-state index in [-0.39, 0.29) is 37.3 Å². The number of carbonyl (C=O) groups is 1. The number of benzene rings is 1. The Morgan fingerprint density at radius 2 is 2.00 bits per heavy atom. The van der Waals surface area contributed by atoms with E-state index in [9.17, 15) is 26.5 Å². The molecule has 1 amide bonds. The van der Waals surface area contributed by atoms with Crippen molar-refractivity contribution in [2.24, 2.45) is 0 Å². The van der Waals surface area contributed by atoms with Gasteiger partial charge in [0.15, 0.2) is 6.17 Å². The van der Waals surface area contributed by atoms with Crippen LogP contribution in [-0.2, 0) is 24.3 Å². The highest BCUT2D eigenvalue weighted by Gasteiger charge is 2.45. The van der Waals surface area contributed by atoms with Gasteiger partial charge in [0.05, 0.1) is 34.6 Å². The number of piperidine rings is 1. The van der Waals surface area contributed by atoms with Crippen molar-refractivity contribution < 1.29 is 40.8 Å². The third-order valence-electron chi connectivity index (χ3n) is 5.43. The lowest BCUT2D eigenvalue weighted by atomic mass is 10.0. The van der Waals surface area contributed by atoms with Crippen LogP contribution in [0.15, 0.2) is 18.2 Å². The van der Waals surface area contributed by atoms with E-state index in [0.29, 0.717) is 6.54 Å². The van der Waals surface area contributed by atoms with Crippen molar-refractivity contribution >= 4 is 27.6 Å². The maximum absolute atomic E-state index is 14.8. The number of ether oxygens (including phenoxy) is 3. The van der Waals surface area contributed by atoms with Crippen LogP contribution >= 0.6 is 0 Å². The van der Waals surface area contributed by atoms with Crippen LogP contribution in [0.4, 0.5) is 25.0 Å². The van der Waals surface area contributed by atoms with Gasteiger partial charge in [-0.3, -0.25) is 4.90 Å². The summed E-state index contributed by atoms with van der Waals surface area (Å²) in [6.45, 7) is 0.166. The normalized spacial score (nSPS) is 24.2. The maximum Gasteiger partial charge on any atom is 0.414 e. The van der Waals surface area contributed by atoms with Crippen molar-refractivity contribution in [2.45, 2.75) is 30.9 Å². The molecule has 1 aromatic carbocycles. The molecule has 3 rings (SSSR count). The molecule has 2 atom stereocenters. The Morgan fingerprint density at radius 1 is 1.30 bits per heavy atom. The minimum absolute atomic E-state index is 0.00634. The molecule has 1 aromatic rings. The number of amides is 1. The van der Waals surface area contributed by atoms with Gasteiger partial charge in [-0.25, -0.2) is 22.0 Å². The van der Waals surface area contributed by atoms with E-state index in [0.717, 1.165) is 11.0 Å². The second-order valence-electron chi connectivity index (χ2n) is 7.19. The number of alkyl halides is 1. The van der Waals surface area contributed by atoms with Crippen LogP contribution in [0.5, 0.6) is 0 Å². The summed E-state index contributed by atoms with van der Waals surface area (Å²) in [5.41, 5.74) is 0.384. The molecule has 2 aliphatic heterocycles. The molecule has 9 nitrogen and oxygen atoms in total. The minimum Gasteiger partial charge on any atom is -0.748 e. The zero-order chi connectivity index (χ0) is 22.1. The van der Waals surface area contributed by atoms with Crippen molar-refractivity contribution in [3.63, 3.8) is 0 Å². The largest absolute Gasteiger partial charge is 0.748 e. The lowest BCUT2D eigenvalue weighted by Crippen LogP contribution is -2.56. The Bertz CT molecular complexity index is 895. The van der Waals surface area contributed by atoms with Gasteiger partial charge in [0.25, 0.3) is 0 Å². The fourth-order valence-electron chi connectivity index (χ4n) is 3.71. The van der Waals surface area contributed by atoms with Crippen LogP contribution in [0.25, 0.3) is 0 Å². The summed E-state index contributed by atoms with van der Waals surface area (Å²) in [6, 6.07) is 4.06. The Balaban J connectivity index is 1.69. The van der Waals surface area contributed by atoms with E-state index in [4.69, 9.17) is 14.2 Å². The van der Waals surface area contributed by atoms with E-state index in [1.807, 2.05) is 0 Å². The summed E-state index contributed by atoms with van der Waals surface area (Å²) < 4.78 is 77.0. The second-order valence-corrected chi connectivity index (χ2v) is 8.71. The Morgan fingerprint density at radius 3 is 2.57 bits per heavy atom. The molecule has 0 saturated carbocycles. The monoisotopic (exact) mass is 449 g/mol. The fourth-order valence-corrected chi connectivity index (χ4v) is 4.26. The van der Waals surface area contributed by atoms with Gasteiger partial charge in [-0.05, 0) is 24.6 Å². The molecule has 1 unspecified atom stereocenters. The lowest BCUT2D eigenvalue weighted by Gasteiger charge is -2.43. The number of nitrogens with zero attached hydrogens (tertiary/aromatic N) is 2. The number of rotatable bonds is 7. The van der Waals surface area contributed by atoms with E-state index < -0.39 is 45.8 Å². The Hall–Kier alpha value is -2.02. The molecule has 2 heterocycles. The predicted molar refractivity (Wildman–Crippen MR) is 102 cm³/mol. The smallest absolute Gasteiger partial charge is 0.414 e. The van der Waals surface area contributed by atoms with Gasteiger partial charge >= 0.3 is 6.09 Å². The molecule has 0 aromatic heterocycles. The van der Waals surface area contributed by atoms with Crippen LogP contribution < -0.4 is 9.80 Å². The summed E-state index contributed by atoms with van der Waals surface area (Å²) >= 11 is 0. The molecule has 168 valence electrons. The first-order valence-corrected chi connectivity index (χ1v) is 10.9. The van der Waals surface area contributed by atoms with E-state index in [2.05, 4.69) is 0 Å². The van der Waals surface area contributed by atoms with Crippen molar-refractivity contribution in [2.75, 3.05) is 49.4 Å². The third kappa shape index (κ3) is 4.66. The van der Waals surface area contributed by atoms with Gasteiger partial charge in [0, 0.05) is 32.9 Å². The highest BCUT2D eigenvalue weighted by Crippen LogP contribution is 2.34. The number of halogens is 2. The van der Waals surface area contributed by atoms with Crippen LogP contribution in [0.2, 0.25) is 0 Å². The summed E-state index contributed by atoms with van der Waals surface area (Å²) in [7, 11) is -1.71. The number of hydrogen-bond donors (Lipinski definition) is 0. The zero-order valence-corrected chi connectivity index (χ0v) is 17.4. The Labute approximate surface area is 173 Å². The van der Waals surface area contributed by atoms with Crippen LogP contribution in [-0.4, -0.2) is 76.7 Å². The SMILES string of the molecule is COC1(OC)CCN(c2ccc(N3C[C@@H](CCS(=O)(=O)[O-])OC3=O)cc2F)CC1F. The molecule has 30 heavy (non-hydrogen) atoms. The van der Waals surface area contributed by atoms with Crippen LogP contribution in [0, 0.1) is 5.82 Å². The first-order chi connectivity index (χ1) is 14.1.